The minimum Gasteiger partial charge on any atom is -0.383 e. The number of thioether (sulfide) groups is 1. The molecule has 10 heteroatoms. The summed E-state index contributed by atoms with van der Waals surface area (Å²) in [4.78, 5) is -0.484. The lowest BCUT2D eigenvalue weighted by molar-refractivity contribution is -0.0328. The van der Waals surface area contributed by atoms with Crippen molar-refractivity contribution in [1.29, 1.82) is 5.26 Å². The first kappa shape index (κ1) is 16.8. The van der Waals surface area contributed by atoms with E-state index in [4.69, 9.17) is 34.2 Å². The second-order valence-corrected chi connectivity index (χ2v) is 6.10. The van der Waals surface area contributed by atoms with Crippen LogP contribution in [0.2, 0.25) is 10.0 Å². The number of nitriles is 1. The fraction of sp³-hybridized carbons (Fsp3) is 0.167. The van der Waals surface area contributed by atoms with Crippen LogP contribution >= 0.6 is 35.0 Å². The first-order chi connectivity index (χ1) is 10.1. The van der Waals surface area contributed by atoms with Gasteiger partial charge in [0.1, 0.15) is 17.6 Å². The summed E-state index contributed by atoms with van der Waals surface area (Å²) in [5.41, 5.74) is 1.53. The molecular weight excluding hydrogens is 360 g/mol. The van der Waals surface area contributed by atoms with Crippen LogP contribution in [0.4, 0.5) is 19.0 Å². The smallest absolute Gasteiger partial charge is 0.383 e. The number of aryl methyl sites for hydroxylation is 1. The second kappa shape index (κ2) is 5.91. The Labute approximate surface area is 137 Å². The van der Waals surface area contributed by atoms with Gasteiger partial charge in [0.05, 0.1) is 14.9 Å². The van der Waals surface area contributed by atoms with Crippen LogP contribution in [0.15, 0.2) is 17.0 Å². The summed E-state index contributed by atoms with van der Waals surface area (Å²) in [5, 5.41) is 13.0. The van der Waals surface area contributed by atoms with E-state index in [1.54, 1.807) is 25.1 Å². The highest BCUT2D eigenvalue weighted by Crippen LogP contribution is 2.43. The largest absolute Gasteiger partial charge is 0.446 e. The number of benzene rings is 1. The molecule has 0 aliphatic rings. The zero-order valence-electron chi connectivity index (χ0n) is 10.9. The van der Waals surface area contributed by atoms with Crippen molar-refractivity contribution in [3.63, 3.8) is 0 Å². The highest BCUT2D eigenvalue weighted by molar-refractivity contribution is 8.00. The summed E-state index contributed by atoms with van der Waals surface area (Å²) in [6.07, 6.45) is 0. The van der Waals surface area contributed by atoms with Gasteiger partial charge in [0.15, 0.2) is 5.69 Å². The van der Waals surface area contributed by atoms with Crippen molar-refractivity contribution >= 4 is 40.8 Å². The van der Waals surface area contributed by atoms with E-state index in [1.807, 2.05) is 0 Å². The number of alkyl halides is 3. The van der Waals surface area contributed by atoms with Crippen LogP contribution in [0.3, 0.4) is 0 Å². The van der Waals surface area contributed by atoms with Crippen molar-refractivity contribution in [3.05, 3.63) is 33.4 Å². The lowest BCUT2D eigenvalue weighted by Crippen LogP contribution is -2.05. The molecule has 0 bridgehead atoms. The Kier molecular flexibility index (Phi) is 4.52. The summed E-state index contributed by atoms with van der Waals surface area (Å²) in [6.45, 7) is 1.75. The van der Waals surface area contributed by atoms with Crippen LogP contribution in [-0.2, 0) is 0 Å². The molecule has 1 aromatic carbocycles. The Morgan fingerprint density at radius 3 is 2.32 bits per heavy atom. The summed E-state index contributed by atoms with van der Waals surface area (Å²) >= 11 is 11.6. The SMILES string of the molecule is Cc1cc(Cl)c(-n2nc(C#N)c(SC(F)(F)F)c2N)c(Cl)c1. The van der Waals surface area contributed by atoms with E-state index in [-0.39, 0.29) is 21.6 Å². The predicted molar refractivity (Wildman–Crippen MR) is 79.4 cm³/mol. The van der Waals surface area contributed by atoms with Gasteiger partial charge in [-0.2, -0.15) is 23.5 Å². The molecule has 0 saturated carbocycles. The van der Waals surface area contributed by atoms with Gasteiger partial charge < -0.3 is 5.73 Å². The van der Waals surface area contributed by atoms with E-state index in [0.717, 1.165) is 10.2 Å². The first-order valence-electron chi connectivity index (χ1n) is 5.64. The van der Waals surface area contributed by atoms with E-state index in [1.165, 1.54) is 0 Å². The van der Waals surface area contributed by atoms with E-state index in [9.17, 15) is 13.2 Å². The summed E-state index contributed by atoms with van der Waals surface area (Å²) in [6, 6.07) is 4.70. The molecule has 0 aliphatic heterocycles. The number of nitrogens with two attached hydrogens (primary N) is 1. The number of aromatic nitrogens is 2. The highest BCUT2D eigenvalue weighted by atomic mass is 35.5. The number of nitrogens with zero attached hydrogens (tertiary/aromatic N) is 3. The summed E-state index contributed by atoms with van der Waals surface area (Å²) in [7, 11) is 0. The van der Waals surface area contributed by atoms with Crippen molar-refractivity contribution in [2.75, 3.05) is 5.73 Å². The molecule has 0 aliphatic carbocycles. The van der Waals surface area contributed by atoms with Gasteiger partial charge in [0, 0.05) is 0 Å². The lowest BCUT2D eigenvalue weighted by atomic mass is 10.2. The van der Waals surface area contributed by atoms with Crippen LogP contribution in [0, 0.1) is 18.3 Å². The van der Waals surface area contributed by atoms with Gasteiger partial charge in [-0.15, -0.1) is 0 Å². The molecule has 0 spiro atoms. The Morgan fingerprint density at radius 1 is 1.32 bits per heavy atom. The third kappa shape index (κ3) is 3.27. The van der Waals surface area contributed by atoms with Crippen LogP contribution < -0.4 is 5.73 Å². The Morgan fingerprint density at radius 2 is 1.86 bits per heavy atom. The molecular formula is C12H7Cl2F3N4S. The summed E-state index contributed by atoms with van der Waals surface area (Å²) in [5.74, 6) is -0.355. The zero-order chi connectivity index (χ0) is 16.7. The maximum atomic E-state index is 12.6. The molecule has 2 rings (SSSR count). The van der Waals surface area contributed by atoms with E-state index >= 15 is 0 Å². The molecule has 0 radical (unpaired) electrons. The van der Waals surface area contributed by atoms with Crippen molar-refractivity contribution in [2.24, 2.45) is 0 Å². The Balaban J connectivity index is 2.67. The average molecular weight is 367 g/mol. The lowest BCUT2D eigenvalue weighted by Gasteiger charge is -2.10. The first-order valence-corrected chi connectivity index (χ1v) is 7.21. The molecule has 0 fully saturated rings. The normalized spacial score (nSPS) is 11.5. The number of hydrogen-bond donors (Lipinski definition) is 1. The third-order valence-electron chi connectivity index (χ3n) is 2.57. The van der Waals surface area contributed by atoms with Crippen molar-refractivity contribution in [3.8, 4) is 11.8 Å². The van der Waals surface area contributed by atoms with Gasteiger partial charge in [0.2, 0.25) is 0 Å². The Bertz CT molecular complexity index is 757. The van der Waals surface area contributed by atoms with Crippen LogP contribution in [-0.4, -0.2) is 15.3 Å². The molecule has 116 valence electrons. The molecule has 0 amide bonds. The van der Waals surface area contributed by atoms with Crippen molar-refractivity contribution in [2.45, 2.75) is 17.3 Å². The minimum absolute atomic E-state index is 0.122. The average Bonchev–Trinajstić information content (AvgIpc) is 2.64. The maximum absolute atomic E-state index is 12.6. The summed E-state index contributed by atoms with van der Waals surface area (Å²) < 4.78 is 38.7. The molecule has 2 aromatic rings. The predicted octanol–water partition coefficient (Wildman–Crippen LogP) is 4.55. The fourth-order valence-corrected chi connectivity index (χ4v) is 3.13. The standard InChI is InChI=1S/C12H7Cl2F3N4S/c1-5-2-6(13)9(7(14)3-5)21-11(19)10(8(4-18)20-21)22-12(15,16)17/h2-3H,19H2,1H3. The fourth-order valence-electron chi connectivity index (χ4n) is 1.77. The van der Waals surface area contributed by atoms with Crippen LogP contribution in [0.5, 0.6) is 0 Å². The minimum atomic E-state index is -4.60. The van der Waals surface area contributed by atoms with E-state index < -0.39 is 27.9 Å². The number of rotatable bonds is 2. The quantitative estimate of drug-likeness (QED) is 0.791. The molecule has 1 aromatic heterocycles. The molecule has 22 heavy (non-hydrogen) atoms. The van der Waals surface area contributed by atoms with Crippen molar-refractivity contribution < 1.29 is 13.2 Å². The maximum Gasteiger partial charge on any atom is 0.446 e. The van der Waals surface area contributed by atoms with E-state index in [0.29, 0.717) is 0 Å². The van der Waals surface area contributed by atoms with Crippen LogP contribution in [0.25, 0.3) is 5.69 Å². The van der Waals surface area contributed by atoms with Gasteiger partial charge in [-0.05, 0) is 36.4 Å². The Hall–Kier alpha value is -1.56. The molecule has 2 N–H and O–H groups in total. The van der Waals surface area contributed by atoms with Gasteiger partial charge in [0.25, 0.3) is 0 Å². The molecule has 4 nitrogen and oxygen atoms in total. The van der Waals surface area contributed by atoms with E-state index in [2.05, 4.69) is 5.10 Å². The molecule has 0 saturated heterocycles. The van der Waals surface area contributed by atoms with Crippen molar-refractivity contribution in [1.82, 2.24) is 9.78 Å². The van der Waals surface area contributed by atoms with Gasteiger partial charge in [-0.25, -0.2) is 4.68 Å². The van der Waals surface area contributed by atoms with Crippen LogP contribution in [0.1, 0.15) is 11.3 Å². The number of halogens is 5. The van der Waals surface area contributed by atoms with Gasteiger partial charge in [-0.3, -0.25) is 0 Å². The number of hydrogen-bond acceptors (Lipinski definition) is 4. The molecule has 1 heterocycles. The number of nitrogen functional groups attached to an aromatic ring is 1. The van der Waals surface area contributed by atoms with Gasteiger partial charge >= 0.3 is 5.51 Å². The molecule has 0 atom stereocenters. The topological polar surface area (TPSA) is 67.6 Å². The second-order valence-electron chi connectivity index (χ2n) is 4.21. The molecule has 0 unspecified atom stereocenters. The van der Waals surface area contributed by atoms with Gasteiger partial charge in [-0.1, -0.05) is 23.2 Å². The monoisotopic (exact) mass is 366 g/mol. The highest BCUT2D eigenvalue weighted by Gasteiger charge is 2.34. The third-order valence-corrected chi connectivity index (χ3v) is 3.99. The number of anilines is 1. The zero-order valence-corrected chi connectivity index (χ0v) is 13.2.